The second-order valence-electron chi connectivity index (χ2n) is 7.84. The SMILES string of the molecule is CCNC(=O)[C@H](CC)N(Cc1cccc(OC)c1)C(=O)CCc1ccc(OCC)c(OCC)c1. The molecule has 0 aliphatic rings. The zero-order chi connectivity index (χ0) is 24.9. The maximum Gasteiger partial charge on any atom is 0.242 e. The Hall–Kier alpha value is -3.22. The van der Waals surface area contributed by atoms with Crippen molar-refractivity contribution in [2.75, 3.05) is 26.9 Å². The number of hydrogen-bond donors (Lipinski definition) is 1. The van der Waals surface area contributed by atoms with Crippen LogP contribution in [-0.2, 0) is 22.6 Å². The maximum absolute atomic E-state index is 13.4. The number of rotatable bonds is 14. The number of benzene rings is 2. The molecule has 0 bridgehead atoms. The van der Waals surface area contributed by atoms with Crippen LogP contribution in [-0.4, -0.2) is 49.6 Å². The molecule has 0 aromatic heterocycles. The number of ether oxygens (including phenoxy) is 3. The summed E-state index contributed by atoms with van der Waals surface area (Å²) in [6.07, 6.45) is 1.34. The first kappa shape index (κ1) is 27.0. The molecule has 186 valence electrons. The van der Waals surface area contributed by atoms with Crippen LogP contribution in [0.4, 0.5) is 0 Å². The van der Waals surface area contributed by atoms with Gasteiger partial charge in [0, 0.05) is 19.5 Å². The number of methoxy groups -OCH3 is 1. The third kappa shape index (κ3) is 7.68. The molecule has 0 aliphatic heterocycles. The van der Waals surface area contributed by atoms with Gasteiger partial charge in [0.1, 0.15) is 11.8 Å². The lowest BCUT2D eigenvalue weighted by atomic mass is 10.1. The van der Waals surface area contributed by atoms with E-state index in [-0.39, 0.29) is 18.2 Å². The Morgan fingerprint density at radius 3 is 2.32 bits per heavy atom. The van der Waals surface area contributed by atoms with E-state index in [1.807, 2.05) is 70.2 Å². The first-order valence-electron chi connectivity index (χ1n) is 12.1. The Bertz CT molecular complexity index is 931. The molecule has 2 rings (SSSR count). The number of amides is 2. The van der Waals surface area contributed by atoms with Crippen molar-refractivity contribution < 1.29 is 23.8 Å². The number of carbonyl (C=O) groups excluding carboxylic acids is 2. The van der Waals surface area contributed by atoms with Gasteiger partial charge >= 0.3 is 0 Å². The van der Waals surface area contributed by atoms with Gasteiger partial charge in [0.05, 0.1) is 20.3 Å². The van der Waals surface area contributed by atoms with Gasteiger partial charge in [0.25, 0.3) is 0 Å². The average molecular weight is 471 g/mol. The van der Waals surface area contributed by atoms with Gasteiger partial charge in [-0.05, 0) is 69.0 Å². The lowest BCUT2D eigenvalue weighted by Gasteiger charge is -2.30. The van der Waals surface area contributed by atoms with Crippen molar-refractivity contribution in [1.82, 2.24) is 10.2 Å². The van der Waals surface area contributed by atoms with Crippen molar-refractivity contribution in [3.8, 4) is 17.2 Å². The third-order valence-corrected chi connectivity index (χ3v) is 5.46. The minimum Gasteiger partial charge on any atom is -0.497 e. The Kier molecular flexibility index (Phi) is 11.2. The Labute approximate surface area is 203 Å². The van der Waals surface area contributed by atoms with Crippen molar-refractivity contribution in [3.05, 3.63) is 53.6 Å². The fraction of sp³-hybridized carbons (Fsp3) is 0.481. The lowest BCUT2D eigenvalue weighted by Crippen LogP contribution is -2.49. The minimum absolute atomic E-state index is 0.0761. The van der Waals surface area contributed by atoms with Gasteiger partial charge in [0.2, 0.25) is 11.8 Å². The molecule has 0 unspecified atom stereocenters. The van der Waals surface area contributed by atoms with Crippen molar-refractivity contribution in [2.24, 2.45) is 0 Å². The topological polar surface area (TPSA) is 77.1 Å². The molecule has 2 aromatic carbocycles. The Morgan fingerprint density at radius 1 is 0.941 bits per heavy atom. The normalized spacial score (nSPS) is 11.4. The Balaban J connectivity index is 2.23. The predicted molar refractivity (Wildman–Crippen MR) is 133 cm³/mol. The van der Waals surface area contributed by atoms with E-state index in [2.05, 4.69) is 5.32 Å². The summed E-state index contributed by atoms with van der Waals surface area (Å²) in [5.74, 6) is 1.88. The van der Waals surface area contributed by atoms with Gasteiger partial charge in [-0.1, -0.05) is 25.1 Å². The summed E-state index contributed by atoms with van der Waals surface area (Å²) in [6, 6.07) is 12.8. The van der Waals surface area contributed by atoms with Gasteiger partial charge in [-0.2, -0.15) is 0 Å². The van der Waals surface area contributed by atoms with Crippen LogP contribution in [0.25, 0.3) is 0 Å². The molecular formula is C27H38N2O5. The summed E-state index contributed by atoms with van der Waals surface area (Å²) in [6.45, 7) is 9.58. The zero-order valence-electron chi connectivity index (χ0n) is 21.1. The van der Waals surface area contributed by atoms with Crippen LogP contribution in [0, 0.1) is 0 Å². The highest BCUT2D eigenvalue weighted by Crippen LogP contribution is 2.29. The molecule has 0 fully saturated rings. The van der Waals surface area contributed by atoms with Crippen molar-refractivity contribution in [1.29, 1.82) is 0 Å². The summed E-state index contributed by atoms with van der Waals surface area (Å²) in [5.41, 5.74) is 1.89. The highest BCUT2D eigenvalue weighted by atomic mass is 16.5. The highest BCUT2D eigenvalue weighted by Gasteiger charge is 2.28. The summed E-state index contributed by atoms with van der Waals surface area (Å²) in [4.78, 5) is 27.9. The molecule has 0 spiro atoms. The standard InChI is InChI=1S/C27H38N2O5/c1-6-23(27(31)28-7-2)29(19-21-11-10-12-22(17-21)32-5)26(30)16-14-20-13-15-24(33-8-3)25(18-20)34-9-4/h10-13,15,17-18,23H,6-9,14,16,19H2,1-5H3,(H,28,31)/t23-/m0/s1. The average Bonchev–Trinajstić information content (AvgIpc) is 2.84. The van der Waals surface area contributed by atoms with Crippen molar-refractivity contribution in [3.63, 3.8) is 0 Å². The Morgan fingerprint density at radius 2 is 1.68 bits per heavy atom. The van der Waals surface area contributed by atoms with Gasteiger partial charge in [-0.15, -0.1) is 0 Å². The maximum atomic E-state index is 13.4. The van der Waals surface area contributed by atoms with E-state index < -0.39 is 6.04 Å². The van der Waals surface area contributed by atoms with Gasteiger partial charge in [-0.3, -0.25) is 9.59 Å². The highest BCUT2D eigenvalue weighted by molar-refractivity contribution is 5.87. The van der Waals surface area contributed by atoms with Crippen LogP contribution >= 0.6 is 0 Å². The van der Waals surface area contributed by atoms with Crippen molar-refractivity contribution in [2.45, 2.75) is 59.5 Å². The molecule has 0 saturated heterocycles. The molecule has 34 heavy (non-hydrogen) atoms. The minimum atomic E-state index is -0.544. The fourth-order valence-electron chi connectivity index (χ4n) is 3.82. The molecule has 7 nitrogen and oxygen atoms in total. The summed E-state index contributed by atoms with van der Waals surface area (Å²) >= 11 is 0. The monoisotopic (exact) mass is 470 g/mol. The molecule has 0 radical (unpaired) electrons. The number of likely N-dealkylation sites (N-methyl/N-ethyl adjacent to an activating group) is 1. The quantitative estimate of drug-likeness (QED) is 0.444. The van der Waals surface area contributed by atoms with Gasteiger partial charge < -0.3 is 24.4 Å². The number of nitrogens with one attached hydrogen (secondary N) is 1. The van der Waals surface area contributed by atoms with E-state index in [1.165, 1.54) is 0 Å². The molecule has 0 saturated carbocycles. The molecule has 7 heteroatoms. The van der Waals surface area contributed by atoms with Crippen LogP contribution in [0.2, 0.25) is 0 Å². The number of carbonyl (C=O) groups is 2. The summed E-state index contributed by atoms with van der Waals surface area (Å²) in [5, 5.41) is 2.87. The van der Waals surface area contributed by atoms with E-state index >= 15 is 0 Å². The largest absolute Gasteiger partial charge is 0.497 e. The zero-order valence-corrected chi connectivity index (χ0v) is 21.1. The molecule has 0 aliphatic carbocycles. The second-order valence-corrected chi connectivity index (χ2v) is 7.84. The van der Waals surface area contributed by atoms with E-state index in [9.17, 15) is 9.59 Å². The van der Waals surface area contributed by atoms with Crippen molar-refractivity contribution >= 4 is 11.8 Å². The molecule has 0 heterocycles. The molecular weight excluding hydrogens is 432 g/mol. The van der Waals surface area contributed by atoms with E-state index in [0.717, 1.165) is 11.1 Å². The van der Waals surface area contributed by atoms with Crippen LogP contribution in [0.1, 0.15) is 51.7 Å². The van der Waals surface area contributed by atoms with Gasteiger partial charge in [-0.25, -0.2) is 0 Å². The predicted octanol–water partition coefficient (Wildman–Crippen LogP) is 4.37. The number of aryl methyl sites for hydroxylation is 1. The number of nitrogens with zero attached hydrogens (tertiary/aromatic N) is 1. The van der Waals surface area contributed by atoms with Gasteiger partial charge in [0.15, 0.2) is 11.5 Å². The molecule has 1 atom stereocenters. The summed E-state index contributed by atoms with van der Waals surface area (Å²) < 4.78 is 16.7. The van der Waals surface area contributed by atoms with Crippen LogP contribution < -0.4 is 19.5 Å². The molecule has 1 N–H and O–H groups in total. The van der Waals surface area contributed by atoms with E-state index in [4.69, 9.17) is 14.2 Å². The third-order valence-electron chi connectivity index (χ3n) is 5.46. The fourth-order valence-corrected chi connectivity index (χ4v) is 3.82. The van der Waals surface area contributed by atoms with E-state index in [1.54, 1.807) is 12.0 Å². The first-order chi connectivity index (χ1) is 16.5. The van der Waals surface area contributed by atoms with E-state index in [0.29, 0.717) is 56.4 Å². The van der Waals surface area contributed by atoms with Crippen LogP contribution in [0.3, 0.4) is 0 Å². The first-order valence-corrected chi connectivity index (χ1v) is 12.1. The second kappa shape index (κ2) is 14.1. The van der Waals surface area contributed by atoms with Crippen LogP contribution in [0.5, 0.6) is 17.2 Å². The molecule has 2 amide bonds. The molecule has 2 aromatic rings. The lowest BCUT2D eigenvalue weighted by molar-refractivity contribution is -0.141. The summed E-state index contributed by atoms with van der Waals surface area (Å²) in [7, 11) is 1.61. The van der Waals surface area contributed by atoms with Crippen LogP contribution in [0.15, 0.2) is 42.5 Å². The smallest absolute Gasteiger partial charge is 0.242 e. The number of hydrogen-bond acceptors (Lipinski definition) is 5.